The van der Waals surface area contributed by atoms with E-state index in [0.29, 0.717) is 11.6 Å². The van der Waals surface area contributed by atoms with Crippen LogP contribution in [0.3, 0.4) is 0 Å². The van der Waals surface area contributed by atoms with Crippen molar-refractivity contribution in [3.63, 3.8) is 0 Å². The highest BCUT2D eigenvalue weighted by Crippen LogP contribution is 2.30. The average molecular weight is 362 g/mol. The molecule has 0 bridgehead atoms. The van der Waals surface area contributed by atoms with Crippen LogP contribution in [-0.2, 0) is 17.6 Å². The second kappa shape index (κ2) is 7.23. The molecule has 0 radical (unpaired) electrons. The van der Waals surface area contributed by atoms with Crippen LogP contribution in [0.25, 0.3) is 0 Å². The number of ether oxygens (including phenoxy) is 1. The molecule has 1 amide bonds. The molecular weight excluding hydrogens is 342 g/mol. The molecule has 132 valence electrons. The van der Waals surface area contributed by atoms with Gasteiger partial charge in [-0.1, -0.05) is 0 Å². The highest BCUT2D eigenvalue weighted by Gasteiger charge is 2.26. The van der Waals surface area contributed by atoms with Gasteiger partial charge in [0, 0.05) is 18.7 Å². The van der Waals surface area contributed by atoms with Gasteiger partial charge in [0.1, 0.15) is 11.9 Å². The molecule has 8 heteroatoms. The summed E-state index contributed by atoms with van der Waals surface area (Å²) in [5, 5.41) is 3.07. The van der Waals surface area contributed by atoms with Gasteiger partial charge in [0.05, 0.1) is 24.7 Å². The molecule has 0 aliphatic heterocycles. The predicted molar refractivity (Wildman–Crippen MR) is 96.4 cm³/mol. The topological polar surface area (TPSA) is 80.2 Å². The molecule has 2 aromatic rings. The van der Waals surface area contributed by atoms with Crippen LogP contribution in [0.4, 0.5) is 11.5 Å². The van der Waals surface area contributed by atoms with Gasteiger partial charge in [-0.2, -0.15) is 0 Å². The van der Waals surface area contributed by atoms with Gasteiger partial charge in [0.2, 0.25) is 17.1 Å². The van der Waals surface area contributed by atoms with Crippen molar-refractivity contribution in [2.24, 2.45) is 0 Å². The van der Waals surface area contributed by atoms with E-state index in [-0.39, 0.29) is 11.2 Å². The Bertz CT molecular complexity index is 781. The monoisotopic (exact) mass is 361 g/mol. The summed E-state index contributed by atoms with van der Waals surface area (Å²) >= 11 is 6.05. The van der Waals surface area contributed by atoms with Gasteiger partial charge in [-0.05, 0) is 43.9 Å². The number of anilines is 2. The Hall–Kier alpha value is -2.41. The second-order valence-corrected chi connectivity index (χ2v) is 6.30. The minimum absolute atomic E-state index is 0.157. The maximum Gasteiger partial charge on any atom is 0.246 e. The number of nitrogens with one attached hydrogen (secondary N) is 1. The van der Waals surface area contributed by atoms with Crippen LogP contribution in [0.2, 0.25) is 5.28 Å². The molecule has 0 saturated carbocycles. The van der Waals surface area contributed by atoms with E-state index < -0.39 is 6.04 Å². The molecule has 25 heavy (non-hydrogen) atoms. The quantitative estimate of drug-likeness (QED) is 0.824. The van der Waals surface area contributed by atoms with Crippen molar-refractivity contribution in [3.05, 3.63) is 34.9 Å². The van der Waals surface area contributed by atoms with E-state index in [0.717, 1.165) is 36.3 Å². The molecule has 1 aliphatic carbocycles. The molecule has 0 spiro atoms. The number of aryl methyl sites for hydroxylation is 1. The number of halogens is 1. The fourth-order valence-electron chi connectivity index (χ4n) is 2.86. The summed E-state index contributed by atoms with van der Waals surface area (Å²) in [6.45, 7) is 1.82. The molecule has 0 unspecified atom stereocenters. The van der Waals surface area contributed by atoms with Crippen molar-refractivity contribution >= 4 is 29.0 Å². The number of amides is 1. The lowest BCUT2D eigenvalue weighted by molar-refractivity contribution is -0.117. The molecule has 7 nitrogen and oxygen atoms in total. The number of fused-ring (bicyclic) bond motifs is 1. The Balaban J connectivity index is 1.75. The third kappa shape index (κ3) is 3.66. The van der Waals surface area contributed by atoms with E-state index in [9.17, 15) is 4.79 Å². The minimum atomic E-state index is -0.433. The van der Waals surface area contributed by atoms with Gasteiger partial charge in [-0.25, -0.2) is 15.0 Å². The third-order valence-corrected chi connectivity index (χ3v) is 4.56. The van der Waals surface area contributed by atoms with Crippen molar-refractivity contribution in [3.8, 4) is 5.88 Å². The molecule has 1 aliphatic rings. The second-order valence-electron chi connectivity index (χ2n) is 5.96. The van der Waals surface area contributed by atoms with E-state index in [1.54, 1.807) is 25.4 Å². The average Bonchev–Trinajstić information content (AvgIpc) is 3.08. The first-order chi connectivity index (χ1) is 12.0. The number of aromatic nitrogens is 3. The zero-order chi connectivity index (χ0) is 18.0. The Kier molecular flexibility index (Phi) is 5.03. The molecule has 2 aromatic heterocycles. The van der Waals surface area contributed by atoms with E-state index in [1.807, 2.05) is 18.9 Å². The van der Waals surface area contributed by atoms with Crippen LogP contribution >= 0.6 is 11.6 Å². The summed E-state index contributed by atoms with van der Waals surface area (Å²) < 4.78 is 5.01. The normalized spacial score (nSPS) is 13.9. The molecular formula is C17H20ClN5O2. The SMILES string of the molecule is COc1ccc(NC(=O)[C@@H](C)N(C)c2nc(Cl)nc3c2CCC3)cn1. The zero-order valence-electron chi connectivity index (χ0n) is 14.4. The van der Waals surface area contributed by atoms with Crippen molar-refractivity contribution in [1.82, 2.24) is 15.0 Å². The van der Waals surface area contributed by atoms with Crippen LogP contribution in [0.15, 0.2) is 18.3 Å². The van der Waals surface area contributed by atoms with Crippen molar-refractivity contribution in [2.45, 2.75) is 32.2 Å². The number of nitrogens with zero attached hydrogens (tertiary/aromatic N) is 4. The maximum atomic E-state index is 12.6. The number of likely N-dealkylation sites (N-methyl/N-ethyl adjacent to an activating group) is 1. The molecule has 0 fully saturated rings. The summed E-state index contributed by atoms with van der Waals surface area (Å²) in [6, 6.07) is 3.01. The molecule has 0 aromatic carbocycles. The number of hydrogen-bond acceptors (Lipinski definition) is 6. The lowest BCUT2D eigenvalue weighted by Gasteiger charge is -2.27. The Morgan fingerprint density at radius 2 is 2.16 bits per heavy atom. The molecule has 3 rings (SSSR count). The fourth-order valence-corrected chi connectivity index (χ4v) is 3.04. The van der Waals surface area contributed by atoms with Gasteiger partial charge >= 0.3 is 0 Å². The van der Waals surface area contributed by atoms with Gasteiger partial charge < -0.3 is 15.0 Å². The van der Waals surface area contributed by atoms with Crippen LogP contribution < -0.4 is 15.0 Å². The number of carbonyl (C=O) groups excluding carboxylic acids is 1. The molecule has 1 N–H and O–H groups in total. The summed E-state index contributed by atoms with van der Waals surface area (Å²) in [5.74, 6) is 1.06. The Morgan fingerprint density at radius 1 is 1.36 bits per heavy atom. The third-order valence-electron chi connectivity index (χ3n) is 4.39. The lowest BCUT2D eigenvalue weighted by atomic mass is 10.2. The largest absolute Gasteiger partial charge is 0.481 e. The predicted octanol–water partition coefficient (Wildman–Crippen LogP) is 2.49. The van der Waals surface area contributed by atoms with Crippen LogP contribution in [-0.4, -0.2) is 41.1 Å². The highest BCUT2D eigenvalue weighted by atomic mass is 35.5. The standard InChI is InChI=1S/C17H20ClN5O2/c1-10(16(24)20-11-7-8-14(25-3)19-9-11)23(2)15-12-5-4-6-13(12)21-17(18)22-15/h7-10H,4-6H2,1-3H3,(H,20,24)/t10-/m1/s1. The number of hydrogen-bond donors (Lipinski definition) is 1. The van der Waals surface area contributed by atoms with Crippen molar-refractivity contribution in [2.75, 3.05) is 24.4 Å². The van der Waals surface area contributed by atoms with E-state index in [4.69, 9.17) is 16.3 Å². The first-order valence-electron chi connectivity index (χ1n) is 8.08. The van der Waals surface area contributed by atoms with Gasteiger partial charge in [-0.3, -0.25) is 4.79 Å². The first-order valence-corrected chi connectivity index (χ1v) is 8.46. The van der Waals surface area contributed by atoms with E-state index in [2.05, 4.69) is 20.3 Å². The molecule has 2 heterocycles. The number of rotatable bonds is 5. The van der Waals surface area contributed by atoms with Gasteiger partial charge in [0.15, 0.2) is 0 Å². The smallest absolute Gasteiger partial charge is 0.246 e. The van der Waals surface area contributed by atoms with E-state index >= 15 is 0 Å². The number of methoxy groups -OCH3 is 1. The highest BCUT2D eigenvalue weighted by molar-refractivity contribution is 6.28. The maximum absolute atomic E-state index is 12.6. The molecule has 1 atom stereocenters. The van der Waals surface area contributed by atoms with E-state index in [1.165, 1.54) is 0 Å². The summed E-state index contributed by atoms with van der Waals surface area (Å²) in [6.07, 6.45) is 4.39. The Morgan fingerprint density at radius 3 is 2.84 bits per heavy atom. The van der Waals surface area contributed by atoms with Gasteiger partial charge in [0.25, 0.3) is 0 Å². The Labute approximate surface area is 151 Å². The zero-order valence-corrected chi connectivity index (χ0v) is 15.2. The molecule has 0 saturated heterocycles. The van der Waals surface area contributed by atoms with Crippen LogP contribution in [0.1, 0.15) is 24.6 Å². The van der Waals surface area contributed by atoms with Crippen LogP contribution in [0, 0.1) is 0 Å². The number of pyridine rings is 1. The number of carbonyl (C=O) groups is 1. The summed E-state index contributed by atoms with van der Waals surface area (Å²) in [5.41, 5.74) is 2.67. The lowest BCUT2D eigenvalue weighted by Crippen LogP contribution is -2.40. The van der Waals surface area contributed by atoms with Crippen molar-refractivity contribution in [1.29, 1.82) is 0 Å². The summed E-state index contributed by atoms with van der Waals surface area (Å²) in [7, 11) is 3.39. The summed E-state index contributed by atoms with van der Waals surface area (Å²) in [4.78, 5) is 27.1. The minimum Gasteiger partial charge on any atom is -0.481 e. The first kappa shape index (κ1) is 17.4. The van der Waals surface area contributed by atoms with Crippen LogP contribution in [0.5, 0.6) is 5.88 Å². The fraction of sp³-hybridized carbons (Fsp3) is 0.412. The van der Waals surface area contributed by atoms with Crippen molar-refractivity contribution < 1.29 is 9.53 Å². The van der Waals surface area contributed by atoms with Gasteiger partial charge in [-0.15, -0.1) is 0 Å².